The number of carboxylic acids is 2. The minimum absolute atomic E-state index is 0.0679. The Balaban J connectivity index is 1.82. The maximum absolute atomic E-state index is 12.8. The van der Waals surface area contributed by atoms with Gasteiger partial charge in [0.05, 0.1) is 44.5 Å². The maximum Gasteiger partial charge on any atom is 0.327 e. The number of amides is 3. The Morgan fingerprint density at radius 3 is 2.42 bits per heavy atom. The quantitative estimate of drug-likeness (QED) is 0.0299. The second-order valence-electron chi connectivity index (χ2n) is 10.9. The molecular weight excluding hydrogens is 692 g/mol. The number of carbonyl (C=O) groups is 5. The number of nitrogens with two attached hydrogens (primary N) is 3. The molecule has 0 aliphatic carbocycles. The summed E-state index contributed by atoms with van der Waals surface area (Å²) < 4.78 is 12.0. The number of hydrogen-bond acceptors (Lipinski definition) is 16. The van der Waals surface area contributed by atoms with Crippen LogP contribution in [0.25, 0.3) is 0 Å². The standard InChI is InChI=1S/C26H44N10O13S/c27-13(2-1-3-30-26(28)29)22(44)31-7-17(38)32-14(6-18(39)40)23(45)33-15(24(46)47)11-50-10-12-8-36(35-34-12)4-5-48-25-21(43)20(42)19(41)16(9-37)49-25/h8,13-16,19-21,25,37,41-43H,1-7,9-11,27H2,(H,31,44)(H,32,38)(H,33,45)(H,39,40)(H,46,47)(H4,28,29,30)/t13-,14-,15-,16+,19-,20-,21+,25+/m0/s1. The van der Waals surface area contributed by atoms with Gasteiger partial charge >= 0.3 is 11.9 Å². The molecule has 1 fully saturated rings. The number of aliphatic hydroxyl groups is 4. The Kier molecular flexibility index (Phi) is 17.8. The van der Waals surface area contributed by atoms with Crippen LogP contribution in [0, 0.1) is 0 Å². The molecule has 24 heteroatoms. The Bertz CT molecular complexity index is 1320. The molecule has 2 rings (SSSR count). The number of thioether (sulfide) groups is 1. The summed E-state index contributed by atoms with van der Waals surface area (Å²) >= 11 is 1.06. The second-order valence-corrected chi connectivity index (χ2v) is 12.0. The van der Waals surface area contributed by atoms with Gasteiger partial charge in [-0.25, -0.2) is 9.48 Å². The van der Waals surface area contributed by atoms with Gasteiger partial charge in [-0.3, -0.25) is 24.2 Å². The molecule has 23 nitrogen and oxygen atoms in total. The van der Waals surface area contributed by atoms with Crippen molar-refractivity contribution < 1.29 is 64.1 Å². The summed E-state index contributed by atoms with van der Waals surface area (Å²) in [5.74, 6) is -5.72. The fourth-order valence-corrected chi connectivity index (χ4v) is 5.21. The Morgan fingerprint density at radius 2 is 1.78 bits per heavy atom. The maximum atomic E-state index is 12.8. The topological polar surface area (TPSA) is 382 Å². The third-order valence-electron chi connectivity index (χ3n) is 6.94. The highest BCUT2D eigenvalue weighted by molar-refractivity contribution is 7.98. The van der Waals surface area contributed by atoms with Crippen LogP contribution in [0.2, 0.25) is 0 Å². The number of ether oxygens (including phenoxy) is 2. The van der Waals surface area contributed by atoms with Crippen molar-refractivity contribution in [2.45, 2.75) is 80.4 Å². The van der Waals surface area contributed by atoms with Gasteiger partial charge in [0.2, 0.25) is 17.7 Å². The minimum atomic E-state index is -1.66. The van der Waals surface area contributed by atoms with Crippen LogP contribution in [-0.4, -0.2) is 162 Å². The lowest BCUT2D eigenvalue weighted by Gasteiger charge is -2.39. The van der Waals surface area contributed by atoms with E-state index in [4.69, 9.17) is 26.7 Å². The van der Waals surface area contributed by atoms with E-state index in [0.29, 0.717) is 12.1 Å². The van der Waals surface area contributed by atoms with Crippen LogP contribution in [0.5, 0.6) is 0 Å². The van der Waals surface area contributed by atoms with Crippen LogP contribution in [0.3, 0.4) is 0 Å². The highest BCUT2D eigenvalue weighted by Crippen LogP contribution is 2.22. The van der Waals surface area contributed by atoms with Crippen molar-refractivity contribution in [1.29, 1.82) is 0 Å². The predicted molar refractivity (Wildman–Crippen MR) is 171 cm³/mol. The number of rotatable bonds is 22. The number of nitrogens with one attached hydrogen (secondary N) is 3. The largest absolute Gasteiger partial charge is 0.481 e. The van der Waals surface area contributed by atoms with Crippen LogP contribution in [0.15, 0.2) is 11.2 Å². The van der Waals surface area contributed by atoms with Crippen molar-refractivity contribution in [2.24, 2.45) is 22.2 Å². The number of guanidine groups is 1. The van der Waals surface area contributed by atoms with E-state index in [2.05, 4.69) is 31.3 Å². The molecule has 0 bridgehead atoms. The van der Waals surface area contributed by atoms with Gasteiger partial charge < -0.3 is 73.3 Å². The molecule has 1 aliphatic rings. The number of aromatic nitrogens is 3. The summed E-state index contributed by atoms with van der Waals surface area (Å²) in [6.07, 6.45) is -5.90. The van der Waals surface area contributed by atoms with Crippen molar-refractivity contribution in [1.82, 2.24) is 30.9 Å². The first-order valence-corrected chi connectivity index (χ1v) is 16.3. The summed E-state index contributed by atoms with van der Waals surface area (Å²) in [7, 11) is 0. The molecule has 50 heavy (non-hydrogen) atoms. The number of carbonyl (C=O) groups excluding carboxylic acids is 3. The first-order chi connectivity index (χ1) is 23.6. The molecule has 1 aromatic rings. The second kappa shape index (κ2) is 21.1. The fraction of sp³-hybridized carbons (Fsp3) is 0.692. The SMILES string of the molecule is NC(N)=NCCC[C@H](N)C(=O)NCC(=O)N[C@@H](CC(=O)O)C(=O)N[C@@H](CSCc1cn(CCO[C@@H]2O[C@H](CO)[C@H](O)[C@H](O)[C@H]2O)nn1)C(=O)O. The van der Waals surface area contributed by atoms with Gasteiger partial charge in [-0.15, -0.1) is 5.10 Å². The number of aliphatic hydroxyl groups excluding tert-OH is 4. The van der Waals surface area contributed by atoms with Gasteiger partial charge in [0.25, 0.3) is 0 Å². The van der Waals surface area contributed by atoms with Crippen LogP contribution >= 0.6 is 11.8 Å². The zero-order valence-corrected chi connectivity index (χ0v) is 27.6. The molecule has 0 aromatic carbocycles. The van der Waals surface area contributed by atoms with Crippen LogP contribution in [0.1, 0.15) is 25.0 Å². The van der Waals surface area contributed by atoms with Gasteiger partial charge in [0, 0.05) is 24.2 Å². The monoisotopic (exact) mass is 736 g/mol. The lowest BCUT2D eigenvalue weighted by molar-refractivity contribution is -0.301. The van der Waals surface area contributed by atoms with E-state index in [0.717, 1.165) is 11.8 Å². The van der Waals surface area contributed by atoms with Gasteiger partial charge in [0.1, 0.15) is 36.5 Å². The van der Waals surface area contributed by atoms with E-state index in [1.54, 1.807) is 0 Å². The van der Waals surface area contributed by atoms with Crippen molar-refractivity contribution in [2.75, 3.05) is 32.1 Å². The molecule has 8 atom stereocenters. The van der Waals surface area contributed by atoms with E-state index >= 15 is 0 Å². The highest BCUT2D eigenvalue weighted by Gasteiger charge is 2.44. The number of hydrogen-bond donors (Lipinski definition) is 12. The molecule has 1 saturated heterocycles. The zero-order chi connectivity index (χ0) is 37.4. The smallest absolute Gasteiger partial charge is 0.327 e. The number of aliphatic imine (C=N–C) groups is 1. The molecule has 0 saturated carbocycles. The Labute approximate surface area is 288 Å². The molecule has 0 unspecified atom stereocenters. The average molecular weight is 737 g/mol. The van der Waals surface area contributed by atoms with Crippen LogP contribution < -0.4 is 33.2 Å². The van der Waals surface area contributed by atoms with E-state index in [-0.39, 0.29) is 43.6 Å². The number of aliphatic carboxylic acids is 2. The summed E-state index contributed by atoms with van der Waals surface area (Å²) in [4.78, 5) is 64.3. The molecule has 2 heterocycles. The summed E-state index contributed by atoms with van der Waals surface area (Å²) in [6.45, 7) is -0.954. The fourth-order valence-electron chi connectivity index (χ4n) is 4.29. The summed E-state index contributed by atoms with van der Waals surface area (Å²) in [5.41, 5.74) is 16.6. The third-order valence-corrected chi connectivity index (χ3v) is 8.01. The Morgan fingerprint density at radius 1 is 1.06 bits per heavy atom. The van der Waals surface area contributed by atoms with E-state index in [1.165, 1.54) is 10.9 Å². The van der Waals surface area contributed by atoms with Crippen molar-refractivity contribution in [3.05, 3.63) is 11.9 Å². The molecule has 0 spiro atoms. The lowest BCUT2D eigenvalue weighted by Crippen LogP contribution is -2.59. The molecule has 15 N–H and O–H groups in total. The van der Waals surface area contributed by atoms with E-state index < -0.39 is 98.1 Å². The first kappa shape index (κ1) is 42.0. The summed E-state index contributed by atoms with van der Waals surface area (Å²) in [6, 6.07) is -4.14. The van der Waals surface area contributed by atoms with Gasteiger partial charge in [-0.1, -0.05) is 5.21 Å². The van der Waals surface area contributed by atoms with E-state index in [1.807, 2.05) is 0 Å². The predicted octanol–water partition coefficient (Wildman–Crippen LogP) is -6.65. The Hall–Kier alpha value is -4.17. The highest BCUT2D eigenvalue weighted by atomic mass is 32.2. The minimum Gasteiger partial charge on any atom is -0.481 e. The number of carboxylic acid groups (broad SMARTS) is 2. The normalized spacial score (nSPS) is 22.1. The number of nitrogens with zero attached hydrogens (tertiary/aromatic N) is 4. The van der Waals surface area contributed by atoms with Gasteiger partial charge in [-0.2, -0.15) is 11.8 Å². The first-order valence-electron chi connectivity index (χ1n) is 15.1. The van der Waals surface area contributed by atoms with Crippen LogP contribution in [0.4, 0.5) is 0 Å². The zero-order valence-electron chi connectivity index (χ0n) is 26.7. The van der Waals surface area contributed by atoms with Gasteiger partial charge in [-0.05, 0) is 12.8 Å². The molecule has 1 aliphatic heterocycles. The summed E-state index contributed by atoms with van der Waals surface area (Å²) in [5, 5.41) is 72.4. The average Bonchev–Trinajstić information content (AvgIpc) is 3.51. The van der Waals surface area contributed by atoms with E-state index in [9.17, 15) is 54.6 Å². The molecule has 282 valence electrons. The molecule has 3 amide bonds. The molecule has 0 radical (unpaired) electrons. The third kappa shape index (κ3) is 14.4. The van der Waals surface area contributed by atoms with Crippen molar-refractivity contribution >= 4 is 47.4 Å². The van der Waals surface area contributed by atoms with Crippen LogP contribution in [-0.2, 0) is 45.7 Å². The molecule has 1 aromatic heterocycles. The van der Waals surface area contributed by atoms with Crippen molar-refractivity contribution in [3.63, 3.8) is 0 Å². The van der Waals surface area contributed by atoms with Gasteiger partial charge in [0.15, 0.2) is 12.2 Å². The molecular formula is C26H44N10O13S. The lowest BCUT2D eigenvalue weighted by atomic mass is 9.99. The van der Waals surface area contributed by atoms with Crippen molar-refractivity contribution in [3.8, 4) is 0 Å².